The number of carbonyl (C=O) groups is 1. The third-order valence-electron chi connectivity index (χ3n) is 4.87. The van der Waals surface area contributed by atoms with Crippen molar-refractivity contribution in [2.24, 2.45) is 5.73 Å². The first-order chi connectivity index (χ1) is 12.9. The minimum Gasteiger partial charge on any atom is -0.487 e. The molecule has 3 rings (SSSR count). The first-order valence-electron chi connectivity index (χ1n) is 8.53. The Morgan fingerprint density at radius 2 is 2.07 bits per heavy atom. The van der Waals surface area contributed by atoms with Crippen LogP contribution in [0.25, 0.3) is 0 Å². The van der Waals surface area contributed by atoms with Crippen molar-refractivity contribution in [3.8, 4) is 11.8 Å². The summed E-state index contributed by atoms with van der Waals surface area (Å²) in [6.45, 7) is 4.10. The van der Waals surface area contributed by atoms with Crippen LogP contribution in [0.15, 0.2) is 47.5 Å². The first kappa shape index (κ1) is 20.2. The molecule has 0 saturated carbocycles. The molecule has 1 atom stereocenters. The maximum absolute atomic E-state index is 12.8. The van der Waals surface area contributed by atoms with Crippen molar-refractivity contribution < 1.29 is 9.53 Å². The molecule has 1 aromatic carbocycles. The average Bonchev–Trinajstić information content (AvgIpc) is 2.64. The highest BCUT2D eigenvalue weighted by Gasteiger charge is 2.39. The summed E-state index contributed by atoms with van der Waals surface area (Å²) in [5, 5.41) is 9.81. The topological polar surface area (TPSA) is 79.3 Å². The van der Waals surface area contributed by atoms with Gasteiger partial charge >= 0.3 is 0 Å². The van der Waals surface area contributed by atoms with E-state index in [-0.39, 0.29) is 5.78 Å². The van der Waals surface area contributed by atoms with Crippen LogP contribution in [0.1, 0.15) is 30.7 Å². The van der Waals surface area contributed by atoms with Gasteiger partial charge in [0.25, 0.3) is 0 Å². The van der Waals surface area contributed by atoms with Crippen LogP contribution in [0.3, 0.4) is 0 Å². The number of hydrogen-bond donors (Lipinski definition) is 1. The third-order valence-corrected chi connectivity index (χ3v) is 6.47. The lowest BCUT2D eigenvalue weighted by Gasteiger charge is -2.37. The van der Waals surface area contributed by atoms with E-state index in [2.05, 4.69) is 57.8 Å². The van der Waals surface area contributed by atoms with Crippen LogP contribution in [0, 0.1) is 18.5 Å². The van der Waals surface area contributed by atoms with Crippen LogP contribution >= 0.6 is 45.2 Å². The van der Waals surface area contributed by atoms with Gasteiger partial charge in [-0.25, -0.2) is 0 Å². The van der Waals surface area contributed by atoms with Crippen molar-refractivity contribution in [2.75, 3.05) is 13.7 Å². The van der Waals surface area contributed by atoms with Crippen molar-refractivity contribution in [1.82, 2.24) is 4.90 Å². The molecule has 1 aliphatic carbocycles. The van der Waals surface area contributed by atoms with Crippen molar-refractivity contribution in [3.63, 3.8) is 0 Å². The van der Waals surface area contributed by atoms with Crippen LogP contribution in [0.5, 0.6) is 5.75 Å². The molecular weight excluding hydrogens is 568 g/mol. The van der Waals surface area contributed by atoms with Crippen LogP contribution < -0.4 is 10.5 Å². The zero-order valence-electron chi connectivity index (χ0n) is 14.9. The lowest BCUT2D eigenvalue weighted by molar-refractivity contribution is -0.116. The van der Waals surface area contributed by atoms with Crippen molar-refractivity contribution in [3.05, 3.63) is 60.2 Å². The van der Waals surface area contributed by atoms with Gasteiger partial charge in [-0.2, -0.15) is 5.26 Å². The van der Waals surface area contributed by atoms with Gasteiger partial charge in [0.1, 0.15) is 18.2 Å². The Labute approximate surface area is 186 Å². The van der Waals surface area contributed by atoms with Crippen LogP contribution in [-0.2, 0) is 4.79 Å². The summed E-state index contributed by atoms with van der Waals surface area (Å²) in [5.41, 5.74) is 9.25. The van der Waals surface area contributed by atoms with E-state index in [4.69, 9.17) is 10.5 Å². The van der Waals surface area contributed by atoms with Gasteiger partial charge in [-0.05, 0) is 75.7 Å². The van der Waals surface area contributed by atoms with E-state index < -0.39 is 5.92 Å². The molecular formula is C20H19I2N3O2. The van der Waals surface area contributed by atoms with Gasteiger partial charge in [0.15, 0.2) is 5.78 Å². The average molecular weight is 587 g/mol. The number of Topliss-reactive ketones (excluding diaryl/α,β-unsaturated/α-hetero) is 1. The van der Waals surface area contributed by atoms with E-state index in [0.717, 1.165) is 37.0 Å². The van der Waals surface area contributed by atoms with E-state index in [1.807, 2.05) is 19.2 Å². The van der Waals surface area contributed by atoms with E-state index in [1.165, 1.54) is 0 Å². The van der Waals surface area contributed by atoms with Gasteiger partial charge in [-0.15, -0.1) is 0 Å². The molecule has 2 aliphatic rings. The number of nitriles is 1. The summed E-state index contributed by atoms with van der Waals surface area (Å²) in [7, 11) is 1.83. The van der Waals surface area contributed by atoms with Gasteiger partial charge < -0.3 is 15.4 Å². The zero-order valence-corrected chi connectivity index (χ0v) is 19.2. The van der Waals surface area contributed by atoms with E-state index in [1.54, 1.807) is 11.0 Å². The largest absolute Gasteiger partial charge is 0.487 e. The molecule has 7 heteroatoms. The Bertz CT molecular complexity index is 905. The Morgan fingerprint density at radius 1 is 1.41 bits per heavy atom. The number of benzene rings is 1. The summed E-state index contributed by atoms with van der Waals surface area (Å²) in [6, 6.07) is 6.21. The third kappa shape index (κ3) is 3.61. The second-order valence-corrected chi connectivity index (χ2v) is 8.78. The molecule has 0 saturated heterocycles. The maximum atomic E-state index is 12.8. The second-order valence-electron chi connectivity index (χ2n) is 6.45. The lowest BCUT2D eigenvalue weighted by Crippen LogP contribution is -2.36. The van der Waals surface area contributed by atoms with Crippen molar-refractivity contribution >= 4 is 51.0 Å². The number of nitrogens with two attached hydrogens (primary N) is 1. The highest BCUT2D eigenvalue weighted by Crippen LogP contribution is 2.45. The highest BCUT2D eigenvalue weighted by molar-refractivity contribution is 14.1. The zero-order chi connectivity index (χ0) is 19.7. The molecule has 1 aromatic rings. The van der Waals surface area contributed by atoms with E-state index in [0.29, 0.717) is 30.0 Å². The summed E-state index contributed by atoms with van der Waals surface area (Å²) in [4.78, 5) is 14.6. The highest BCUT2D eigenvalue weighted by atomic mass is 127. The molecule has 0 radical (unpaired) electrons. The normalized spacial score (nSPS) is 19.7. The molecule has 0 bridgehead atoms. The van der Waals surface area contributed by atoms with Gasteiger partial charge in [-0.3, -0.25) is 4.79 Å². The molecule has 1 heterocycles. The predicted octanol–water partition coefficient (Wildman–Crippen LogP) is 4.19. The fourth-order valence-electron chi connectivity index (χ4n) is 3.62. The summed E-state index contributed by atoms with van der Waals surface area (Å²) >= 11 is 4.45. The second kappa shape index (κ2) is 8.22. The van der Waals surface area contributed by atoms with Crippen molar-refractivity contribution in [1.29, 1.82) is 5.26 Å². The minimum atomic E-state index is -0.426. The molecule has 5 nitrogen and oxygen atoms in total. The predicted molar refractivity (Wildman–Crippen MR) is 121 cm³/mol. The number of halogens is 2. The van der Waals surface area contributed by atoms with Crippen LogP contribution in [-0.4, -0.2) is 24.3 Å². The molecule has 0 spiro atoms. The summed E-state index contributed by atoms with van der Waals surface area (Å²) < 4.78 is 7.61. The summed E-state index contributed by atoms with van der Waals surface area (Å²) in [6.07, 6.45) is 3.82. The molecule has 1 aliphatic heterocycles. The van der Waals surface area contributed by atoms with Crippen LogP contribution in [0.2, 0.25) is 0 Å². The Hall–Kier alpha value is -1.54. The molecule has 140 valence electrons. The van der Waals surface area contributed by atoms with Crippen LogP contribution in [0.4, 0.5) is 0 Å². The SMILES string of the molecule is C=CCOc1c(I)cc([C@@H]2C(C#N)=C(N)N(C)C3=C2C(=O)CCC3)cc1I. The Balaban J connectivity index is 2.18. The summed E-state index contributed by atoms with van der Waals surface area (Å²) in [5.74, 6) is 0.884. The molecule has 0 unspecified atom stereocenters. The number of nitrogens with zero attached hydrogens (tertiary/aromatic N) is 2. The first-order valence-corrected chi connectivity index (χ1v) is 10.7. The molecule has 2 N–H and O–H groups in total. The Morgan fingerprint density at radius 3 is 2.67 bits per heavy atom. The standard InChI is InChI=1S/C20H19I2N3O2/c1-3-7-27-19-13(21)8-11(9-14(19)22)17-12(10-23)20(24)25(2)15-5-4-6-16(26)18(15)17/h3,8-9,17H,1,4-7,24H2,2H3/t17-/m1/s1. The quantitative estimate of drug-likeness (QED) is 0.423. The fourth-order valence-corrected chi connectivity index (χ4v) is 5.75. The fraction of sp³-hybridized carbons (Fsp3) is 0.300. The van der Waals surface area contributed by atoms with Gasteiger partial charge in [0.2, 0.25) is 0 Å². The molecule has 27 heavy (non-hydrogen) atoms. The number of carbonyl (C=O) groups excluding carboxylic acids is 1. The van der Waals surface area contributed by atoms with E-state index in [9.17, 15) is 10.1 Å². The lowest BCUT2D eigenvalue weighted by atomic mass is 9.76. The Kier molecular flexibility index (Phi) is 6.15. The molecule has 0 fully saturated rings. The number of ketones is 1. The molecule has 0 amide bonds. The minimum absolute atomic E-state index is 0.102. The van der Waals surface area contributed by atoms with Crippen molar-refractivity contribution in [2.45, 2.75) is 25.2 Å². The number of hydrogen-bond acceptors (Lipinski definition) is 5. The maximum Gasteiger partial charge on any atom is 0.161 e. The van der Waals surface area contributed by atoms with Gasteiger partial charge in [0.05, 0.1) is 24.7 Å². The van der Waals surface area contributed by atoms with Gasteiger partial charge in [-0.1, -0.05) is 12.7 Å². The number of rotatable bonds is 4. The number of ether oxygens (including phenoxy) is 1. The van der Waals surface area contributed by atoms with Gasteiger partial charge in [0, 0.05) is 24.7 Å². The molecule has 0 aromatic heterocycles. The monoisotopic (exact) mass is 587 g/mol. The number of allylic oxidation sites excluding steroid dienone is 3. The smallest absolute Gasteiger partial charge is 0.161 e. The van der Waals surface area contributed by atoms with E-state index >= 15 is 0 Å².